The number of aryl methyl sites for hydroxylation is 1. The van der Waals surface area contributed by atoms with Crippen molar-refractivity contribution in [3.05, 3.63) is 34.6 Å². The summed E-state index contributed by atoms with van der Waals surface area (Å²) >= 11 is 6.23. The summed E-state index contributed by atoms with van der Waals surface area (Å²) in [6.07, 6.45) is 0. The minimum Gasteiger partial charge on any atom is -0.485 e. The Morgan fingerprint density at radius 1 is 1.40 bits per heavy atom. The number of nitrogens with one attached hydrogen (secondary N) is 1. The number of halogens is 1. The third kappa shape index (κ3) is 3.91. The second-order valence-corrected chi connectivity index (χ2v) is 5.14. The van der Waals surface area contributed by atoms with Gasteiger partial charge in [0.25, 0.3) is 0 Å². The summed E-state index contributed by atoms with van der Waals surface area (Å²) in [7, 11) is 1.72. The summed E-state index contributed by atoms with van der Waals surface area (Å²) in [5, 5.41) is 15.7. The van der Waals surface area contributed by atoms with Gasteiger partial charge in [-0.3, -0.25) is 0 Å². The molecule has 108 valence electrons. The Kier molecular flexibility index (Phi) is 4.92. The van der Waals surface area contributed by atoms with Crippen LogP contribution in [0.3, 0.4) is 0 Å². The van der Waals surface area contributed by atoms with Crippen LogP contribution in [0.1, 0.15) is 25.2 Å². The third-order valence-electron chi connectivity index (χ3n) is 2.67. The minimum atomic E-state index is 0.267. The van der Waals surface area contributed by atoms with Crippen LogP contribution >= 0.6 is 11.6 Å². The molecular formula is C13H18ClN5O. The number of nitrogens with zero attached hydrogens (tertiary/aromatic N) is 4. The lowest BCUT2D eigenvalue weighted by Gasteiger charge is -2.14. The predicted molar refractivity (Wildman–Crippen MR) is 76.6 cm³/mol. The van der Waals surface area contributed by atoms with Crippen LogP contribution in [0.15, 0.2) is 18.2 Å². The lowest BCUT2D eigenvalue weighted by atomic mass is 10.2. The molecule has 0 spiro atoms. The van der Waals surface area contributed by atoms with Crippen molar-refractivity contribution < 1.29 is 4.74 Å². The van der Waals surface area contributed by atoms with Gasteiger partial charge in [0.2, 0.25) is 5.82 Å². The lowest BCUT2D eigenvalue weighted by molar-refractivity contribution is 0.291. The normalized spacial score (nSPS) is 11.1. The van der Waals surface area contributed by atoms with Gasteiger partial charge in [0.05, 0.1) is 7.05 Å². The predicted octanol–water partition coefficient (Wildman–Crippen LogP) is 1.94. The van der Waals surface area contributed by atoms with Gasteiger partial charge in [-0.15, -0.1) is 10.2 Å². The van der Waals surface area contributed by atoms with E-state index in [1.165, 1.54) is 4.80 Å². The average Bonchev–Trinajstić information content (AvgIpc) is 2.81. The van der Waals surface area contributed by atoms with Crippen LogP contribution in [0.4, 0.5) is 0 Å². The van der Waals surface area contributed by atoms with Gasteiger partial charge in [-0.2, -0.15) is 4.80 Å². The highest BCUT2D eigenvalue weighted by atomic mass is 35.5. The molecule has 0 fully saturated rings. The van der Waals surface area contributed by atoms with Gasteiger partial charge in [-0.25, -0.2) is 0 Å². The Bertz CT molecular complexity index is 570. The Hall–Kier alpha value is -1.66. The van der Waals surface area contributed by atoms with Crippen molar-refractivity contribution in [3.63, 3.8) is 0 Å². The van der Waals surface area contributed by atoms with E-state index < -0.39 is 0 Å². The molecular weight excluding hydrogens is 278 g/mol. The van der Waals surface area contributed by atoms with E-state index in [0.717, 1.165) is 11.3 Å². The Morgan fingerprint density at radius 3 is 2.85 bits per heavy atom. The van der Waals surface area contributed by atoms with Crippen molar-refractivity contribution in [2.24, 2.45) is 7.05 Å². The van der Waals surface area contributed by atoms with Gasteiger partial charge in [-0.05, 0) is 17.3 Å². The first-order chi connectivity index (χ1) is 9.56. The van der Waals surface area contributed by atoms with Crippen LogP contribution in [-0.4, -0.2) is 26.2 Å². The van der Waals surface area contributed by atoms with Crippen LogP contribution in [0.25, 0.3) is 0 Å². The summed E-state index contributed by atoms with van der Waals surface area (Å²) in [5.41, 5.74) is 0.937. The van der Waals surface area contributed by atoms with E-state index in [1.807, 2.05) is 18.2 Å². The molecule has 1 N–H and O–H groups in total. The highest BCUT2D eigenvalue weighted by Crippen LogP contribution is 2.26. The SMILES string of the molecule is CC(C)NCc1c(Cl)cccc1OCc1nnn(C)n1. The first-order valence-electron chi connectivity index (χ1n) is 6.42. The molecule has 20 heavy (non-hydrogen) atoms. The summed E-state index contributed by atoms with van der Waals surface area (Å²) in [4.78, 5) is 1.40. The van der Waals surface area contributed by atoms with Crippen molar-refractivity contribution in [1.29, 1.82) is 0 Å². The van der Waals surface area contributed by atoms with E-state index in [1.54, 1.807) is 7.05 Å². The molecule has 0 saturated carbocycles. The fraction of sp³-hybridized carbons (Fsp3) is 0.462. The average molecular weight is 296 g/mol. The molecule has 6 nitrogen and oxygen atoms in total. The smallest absolute Gasteiger partial charge is 0.212 e. The number of tetrazole rings is 1. The molecule has 0 aliphatic carbocycles. The van der Waals surface area contributed by atoms with E-state index in [-0.39, 0.29) is 6.61 Å². The Morgan fingerprint density at radius 2 is 2.20 bits per heavy atom. The largest absolute Gasteiger partial charge is 0.485 e. The Balaban J connectivity index is 2.08. The molecule has 0 atom stereocenters. The molecule has 1 heterocycles. The molecule has 1 aromatic carbocycles. The molecule has 0 amide bonds. The highest BCUT2D eigenvalue weighted by Gasteiger charge is 2.10. The number of benzene rings is 1. The molecule has 7 heteroatoms. The van der Waals surface area contributed by atoms with Crippen LogP contribution in [0, 0.1) is 0 Å². The number of aromatic nitrogens is 4. The van der Waals surface area contributed by atoms with Crippen LogP contribution in [0.2, 0.25) is 5.02 Å². The van der Waals surface area contributed by atoms with Gasteiger partial charge in [0.1, 0.15) is 5.75 Å². The van der Waals surface area contributed by atoms with Gasteiger partial charge in [0, 0.05) is 23.2 Å². The minimum absolute atomic E-state index is 0.267. The number of hydrogen-bond donors (Lipinski definition) is 1. The molecule has 0 unspecified atom stereocenters. The summed E-state index contributed by atoms with van der Waals surface area (Å²) < 4.78 is 5.75. The standard InChI is InChI=1S/C13H18ClN5O/c1-9(2)15-7-10-11(14)5-4-6-12(10)20-8-13-16-18-19(3)17-13/h4-6,9,15H,7-8H2,1-3H3. The van der Waals surface area contributed by atoms with Gasteiger partial charge >= 0.3 is 0 Å². The van der Waals surface area contributed by atoms with Crippen molar-refractivity contribution >= 4 is 11.6 Å². The second-order valence-electron chi connectivity index (χ2n) is 4.74. The molecule has 1 aromatic heterocycles. The van der Waals surface area contributed by atoms with Crippen molar-refractivity contribution in [3.8, 4) is 5.75 Å². The Labute approximate surface area is 123 Å². The summed E-state index contributed by atoms with van der Waals surface area (Å²) in [6.45, 7) is 5.09. The summed E-state index contributed by atoms with van der Waals surface area (Å²) in [6, 6.07) is 5.98. The van der Waals surface area contributed by atoms with Crippen LogP contribution in [0.5, 0.6) is 5.75 Å². The zero-order chi connectivity index (χ0) is 14.5. The molecule has 2 aromatic rings. The van der Waals surface area contributed by atoms with Gasteiger partial charge < -0.3 is 10.1 Å². The number of rotatable bonds is 6. The highest BCUT2D eigenvalue weighted by molar-refractivity contribution is 6.31. The van der Waals surface area contributed by atoms with Gasteiger partial charge in [-0.1, -0.05) is 31.5 Å². The van der Waals surface area contributed by atoms with E-state index in [2.05, 4.69) is 34.6 Å². The van der Waals surface area contributed by atoms with Crippen LogP contribution in [-0.2, 0) is 20.2 Å². The second kappa shape index (κ2) is 6.67. The third-order valence-corrected chi connectivity index (χ3v) is 3.02. The lowest BCUT2D eigenvalue weighted by Crippen LogP contribution is -2.22. The molecule has 2 rings (SSSR count). The quantitative estimate of drug-likeness (QED) is 0.882. The monoisotopic (exact) mass is 295 g/mol. The maximum Gasteiger partial charge on any atom is 0.212 e. The zero-order valence-electron chi connectivity index (χ0n) is 11.8. The number of hydrogen-bond acceptors (Lipinski definition) is 5. The van der Waals surface area contributed by atoms with Crippen LogP contribution < -0.4 is 10.1 Å². The van der Waals surface area contributed by atoms with Crippen molar-refractivity contribution in [2.45, 2.75) is 33.0 Å². The molecule has 0 saturated heterocycles. The van der Waals surface area contributed by atoms with Crippen molar-refractivity contribution in [1.82, 2.24) is 25.5 Å². The molecule has 0 bridgehead atoms. The topological polar surface area (TPSA) is 64.9 Å². The molecule has 0 radical (unpaired) electrons. The van der Waals surface area contributed by atoms with E-state index in [0.29, 0.717) is 23.4 Å². The maximum absolute atomic E-state index is 6.23. The maximum atomic E-state index is 6.23. The molecule has 0 aliphatic heterocycles. The first kappa shape index (κ1) is 14.7. The molecule has 0 aliphatic rings. The summed E-state index contributed by atoms with van der Waals surface area (Å²) in [5.74, 6) is 1.27. The van der Waals surface area contributed by atoms with E-state index in [9.17, 15) is 0 Å². The zero-order valence-corrected chi connectivity index (χ0v) is 12.6. The number of ether oxygens (including phenoxy) is 1. The first-order valence-corrected chi connectivity index (χ1v) is 6.80. The van der Waals surface area contributed by atoms with E-state index >= 15 is 0 Å². The van der Waals surface area contributed by atoms with E-state index in [4.69, 9.17) is 16.3 Å². The van der Waals surface area contributed by atoms with Gasteiger partial charge in [0.15, 0.2) is 6.61 Å². The fourth-order valence-electron chi connectivity index (χ4n) is 1.68. The fourth-order valence-corrected chi connectivity index (χ4v) is 1.91. The van der Waals surface area contributed by atoms with Crippen molar-refractivity contribution in [2.75, 3.05) is 0 Å².